The summed E-state index contributed by atoms with van der Waals surface area (Å²) in [5.74, 6) is 0.304. The molecular formula is C27H29NO5. The first-order valence-corrected chi connectivity index (χ1v) is 11.4. The number of hydrogen-bond donors (Lipinski definition) is 1. The molecule has 0 atom stereocenters. The zero-order valence-corrected chi connectivity index (χ0v) is 19.3. The smallest absolute Gasteiger partial charge is 0.307 e. The molecule has 0 spiro atoms. The molecule has 1 aliphatic rings. The Labute approximate surface area is 193 Å². The third-order valence-corrected chi connectivity index (χ3v) is 5.70. The lowest BCUT2D eigenvalue weighted by molar-refractivity contribution is -0.136. The lowest BCUT2D eigenvalue weighted by atomic mass is 9.99. The first-order chi connectivity index (χ1) is 15.9. The molecule has 1 aliphatic heterocycles. The van der Waals surface area contributed by atoms with Gasteiger partial charge in [-0.25, -0.2) is 0 Å². The number of carboxylic acids is 1. The highest BCUT2D eigenvalue weighted by atomic mass is 16.5. The second-order valence-corrected chi connectivity index (χ2v) is 8.55. The summed E-state index contributed by atoms with van der Waals surface area (Å²) in [5, 5.41) is 10.8. The van der Waals surface area contributed by atoms with E-state index in [9.17, 15) is 9.59 Å². The Hall–Kier alpha value is -3.54. The number of benzene rings is 3. The van der Waals surface area contributed by atoms with Gasteiger partial charge in [0.2, 0.25) is 0 Å². The van der Waals surface area contributed by atoms with Gasteiger partial charge in [0.1, 0.15) is 11.5 Å². The fourth-order valence-corrected chi connectivity index (χ4v) is 4.19. The number of amides is 1. The van der Waals surface area contributed by atoms with E-state index in [2.05, 4.69) is 6.92 Å². The Morgan fingerprint density at radius 1 is 1.06 bits per heavy atom. The Morgan fingerprint density at radius 3 is 2.33 bits per heavy atom. The molecule has 0 saturated carbocycles. The first kappa shape index (κ1) is 22.6. The van der Waals surface area contributed by atoms with Crippen molar-refractivity contribution in [1.82, 2.24) is 0 Å². The third-order valence-electron chi connectivity index (χ3n) is 5.70. The van der Waals surface area contributed by atoms with Gasteiger partial charge < -0.3 is 19.5 Å². The van der Waals surface area contributed by atoms with Crippen LogP contribution in [0.15, 0.2) is 48.5 Å². The van der Waals surface area contributed by atoms with Gasteiger partial charge in [-0.15, -0.1) is 0 Å². The van der Waals surface area contributed by atoms with Crippen molar-refractivity contribution in [2.45, 2.75) is 52.7 Å². The number of ether oxygens (including phenoxy) is 2. The normalized spacial score (nSPS) is 13.0. The maximum Gasteiger partial charge on any atom is 0.307 e. The second kappa shape index (κ2) is 9.53. The molecule has 0 radical (unpaired) electrons. The van der Waals surface area contributed by atoms with Crippen LogP contribution in [0.5, 0.6) is 11.5 Å². The highest BCUT2D eigenvalue weighted by Gasteiger charge is 2.37. The van der Waals surface area contributed by atoms with E-state index in [1.807, 2.05) is 38.1 Å². The molecule has 0 fully saturated rings. The van der Waals surface area contributed by atoms with E-state index in [-0.39, 0.29) is 18.4 Å². The minimum Gasteiger partial charge on any atom is -0.493 e. The quantitative estimate of drug-likeness (QED) is 0.433. The molecule has 0 bridgehead atoms. The number of carbonyl (C=O) groups is 2. The fraction of sp³-hybridized carbons (Fsp3) is 0.333. The van der Waals surface area contributed by atoms with Crippen molar-refractivity contribution in [3.8, 4) is 11.5 Å². The standard InChI is InChI=1S/C27H29NO5/c1-4-5-14-32-25-20-8-6-7-9-21(20)26(33-17(2)3)24-22(25)16-28(27(24)31)19-12-10-18(11-13-19)15-23(29)30/h6-13,17H,4-5,14-16H2,1-3H3,(H,29,30). The van der Waals surface area contributed by atoms with Gasteiger partial charge in [0.25, 0.3) is 5.91 Å². The summed E-state index contributed by atoms with van der Waals surface area (Å²) < 4.78 is 12.5. The van der Waals surface area contributed by atoms with Crippen molar-refractivity contribution in [3.05, 3.63) is 65.2 Å². The first-order valence-electron chi connectivity index (χ1n) is 11.4. The van der Waals surface area contributed by atoms with Crippen LogP contribution in [0, 0.1) is 0 Å². The Kier molecular flexibility index (Phi) is 6.54. The molecule has 33 heavy (non-hydrogen) atoms. The number of nitrogens with zero attached hydrogens (tertiary/aromatic N) is 1. The van der Waals surface area contributed by atoms with Crippen LogP contribution in [0.4, 0.5) is 5.69 Å². The molecular weight excluding hydrogens is 418 g/mol. The van der Waals surface area contributed by atoms with Crippen molar-refractivity contribution >= 4 is 28.3 Å². The number of unbranched alkanes of at least 4 members (excludes halogenated alkanes) is 1. The average Bonchev–Trinajstić information content (AvgIpc) is 3.12. The molecule has 1 heterocycles. The zero-order chi connectivity index (χ0) is 23.5. The molecule has 3 aromatic carbocycles. The largest absolute Gasteiger partial charge is 0.493 e. The summed E-state index contributed by atoms with van der Waals surface area (Å²) in [6.45, 7) is 6.96. The Morgan fingerprint density at radius 2 is 1.73 bits per heavy atom. The molecule has 0 unspecified atom stereocenters. The van der Waals surface area contributed by atoms with Gasteiger partial charge in [-0.1, -0.05) is 49.7 Å². The predicted molar refractivity (Wildman–Crippen MR) is 128 cm³/mol. The number of rotatable bonds is 9. The maximum absolute atomic E-state index is 13.7. The Bertz CT molecular complexity index is 1180. The maximum atomic E-state index is 13.7. The van der Waals surface area contributed by atoms with Gasteiger partial charge in [-0.2, -0.15) is 0 Å². The molecule has 0 saturated heterocycles. The van der Waals surface area contributed by atoms with E-state index in [1.54, 1.807) is 29.2 Å². The van der Waals surface area contributed by atoms with E-state index in [1.165, 1.54) is 0 Å². The van der Waals surface area contributed by atoms with Crippen molar-refractivity contribution in [3.63, 3.8) is 0 Å². The molecule has 6 nitrogen and oxygen atoms in total. The Balaban J connectivity index is 1.82. The van der Waals surface area contributed by atoms with Gasteiger partial charge in [0.05, 0.1) is 31.2 Å². The summed E-state index contributed by atoms with van der Waals surface area (Å²) >= 11 is 0. The van der Waals surface area contributed by atoms with Crippen LogP contribution in [0.1, 0.15) is 55.1 Å². The van der Waals surface area contributed by atoms with Gasteiger partial charge in [0.15, 0.2) is 0 Å². The van der Waals surface area contributed by atoms with Crippen LogP contribution < -0.4 is 14.4 Å². The minimum atomic E-state index is -0.886. The number of anilines is 1. The zero-order valence-electron chi connectivity index (χ0n) is 19.3. The van der Waals surface area contributed by atoms with Crippen LogP contribution in [0.25, 0.3) is 10.8 Å². The molecule has 0 aliphatic carbocycles. The number of fused-ring (bicyclic) bond motifs is 2. The summed E-state index contributed by atoms with van der Waals surface area (Å²) in [4.78, 5) is 26.4. The van der Waals surface area contributed by atoms with Gasteiger partial charge in [-0.05, 0) is 38.0 Å². The number of carbonyl (C=O) groups excluding carboxylic acids is 1. The van der Waals surface area contributed by atoms with Crippen molar-refractivity contribution in [2.24, 2.45) is 0 Å². The minimum absolute atomic E-state index is 0.0539. The predicted octanol–water partition coefficient (Wildman–Crippen LogP) is 5.59. The lowest BCUT2D eigenvalue weighted by Gasteiger charge is -2.19. The highest BCUT2D eigenvalue weighted by Crippen LogP contribution is 2.46. The molecule has 4 rings (SSSR count). The van der Waals surface area contributed by atoms with Gasteiger partial charge in [-0.3, -0.25) is 9.59 Å². The SMILES string of the molecule is CCCCOc1c2c(c(OC(C)C)c3ccccc13)C(=O)N(c1ccc(CC(=O)O)cc1)C2. The van der Waals surface area contributed by atoms with Gasteiger partial charge in [0, 0.05) is 22.0 Å². The van der Waals surface area contributed by atoms with Crippen molar-refractivity contribution in [1.29, 1.82) is 0 Å². The third kappa shape index (κ3) is 4.51. The molecule has 3 aromatic rings. The molecule has 1 amide bonds. The van der Waals surface area contributed by atoms with Crippen molar-refractivity contribution < 1.29 is 24.2 Å². The topological polar surface area (TPSA) is 76.1 Å². The van der Waals surface area contributed by atoms with Gasteiger partial charge >= 0.3 is 5.97 Å². The lowest BCUT2D eigenvalue weighted by Crippen LogP contribution is -2.23. The van der Waals surface area contributed by atoms with E-state index in [4.69, 9.17) is 14.6 Å². The van der Waals surface area contributed by atoms with Crippen LogP contribution in [-0.4, -0.2) is 29.7 Å². The van der Waals surface area contributed by atoms with E-state index in [0.717, 1.165) is 34.9 Å². The van der Waals surface area contributed by atoms with Crippen molar-refractivity contribution in [2.75, 3.05) is 11.5 Å². The van der Waals surface area contributed by atoms with Crippen LogP contribution in [0.2, 0.25) is 0 Å². The monoisotopic (exact) mass is 447 g/mol. The fourth-order valence-electron chi connectivity index (χ4n) is 4.19. The van der Waals surface area contributed by atoms with E-state index >= 15 is 0 Å². The van der Waals surface area contributed by atoms with Crippen LogP contribution in [-0.2, 0) is 17.8 Å². The second-order valence-electron chi connectivity index (χ2n) is 8.55. The summed E-state index contributed by atoms with van der Waals surface area (Å²) in [5.41, 5.74) is 2.78. The molecule has 0 aromatic heterocycles. The van der Waals surface area contributed by atoms with E-state index in [0.29, 0.717) is 35.7 Å². The molecule has 1 N–H and O–H groups in total. The summed E-state index contributed by atoms with van der Waals surface area (Å²) in [7, 11) is 0. The van der Waals surface area contributed by atoms with Crippen LogP contribution >= 0.6 is 0 Å². The number of aliphatic carboxylic acids is 1. The molecule has 172 valence electrons. The van der Waals surface area contributed by atoms with Crippen LogP contribution in [0.3, 0.4) is 0 Å². The number of carboxylic acid groups (broad SMARTS) is 1. The summed E-state index contributed by atoms with van der Waals surface area (Å²) in [6, 6.07) is 15.0. The highest BCUT2D eigenvalue weighted by molar-refractivity contribution is 6.16. The number of hydrogen-bond acceptors (Lipinski definition) is 4. The van der Waals surface area contributed by atoms with E-state index < -0.39 is 5.97 Å². The molecule has 6 heteroatoms. The summed E-state index contributed by atoms with van der Waals surface area (Å²) in [6.07, 6.45) is 1.79. The average molecular weight is 448 g/mol.